The molecule has 1 unspecified atom stereocenters. The van der Waals surface area contributed by atoms with Crippen LogP contribution >= 0.6 is 0 Å². The molecule has 146 valence electrons. The highest BCUT2D eigenvalue weighted by Gasteiger charge is 2.30. The molecule has 0 aromatic carbocycles. The minimum Gasteiger partial charge on any atom is -0.497 e. The predicted molar refractivity (Wildman–Crippen MR) is 105 cm³/mol. The van der Waals surface area contributed by atoms with Crippen LogP contribution < -0.4 is 4.74 Å². The molecule has 2 aliphatic heterocycles. The van der Waals surface area contributed by atoms with Gasteiger partial charge in [-0.2, -0.15) is 0 Å². The van der Waals surface area contributed by atoms with Crippen molar-refractivity contribution in [2.24, 2.45) is 0 Å². The molecule has 0 radical (unpaired) electrons. The number of piperidine rings is 1. The number of aryl methyl sites for hydroxylation is 1. The van der Waals surface area contributed by atoms with Crippen LogP contribution in [0, 0.1) is 0 Å². The molecule has 1 amide bonds. The Morgan fingerprint density at radius 2 is 2.11 bits per heavy atom. The Morgan fingerprint density at radius 3 is 3.00 bits per heavy atom. The van der Waals surface area contributed by atoms with Crippen molar-refractivity contribution in [1.82, 2.24) is 23.8 Å². The first kappa shape index (κ1) is 17.3. The molecule has 0 saturated carbocycles. The zero-order chi connectivity index (χ0) is 19.1. The number of imidazole rings is 2. The van der Waals surface area contributed by atoms with Gasteiger partial charge in [0.2, 0.25) is 0 Å². The Bertz CT molecular complexity index is 1020. The Balaban J connectivity index is 1.39. The van der Waals surface area contributed by atoms with E-state index in [4.69, 9.17) is 9.72 Å². The summed E-state index contributed by atoms with van der Waals surface area (Å²) in [5.74, 6) is 2.24. The Morgan fingerprint density at radius 1 is 1.18 bits per heavy atom. The summed E-state index contributed by atoms with van der Waals surface area (Å²) < 4.78 is 9.48. The Kier molecular flexibility index (Phi) is 4.30. The number of likely N-dealkylation sites (tertiary alicyclic amines) is 1. The number of rotatable bonds is 3. The van der Waals surface area contributed by atoms with Gasteiger partial charge >= 0.3 is 0 Å². The van der Waals surface area contributed by atoms with E-state index in [-0.39, 0.29) is 5.91 Å². The van der Waals surface area contributed by atoms with Gasteiger partial charge in [-0.1, -0.05) is 0 Å². The van der Waals surface area contributed by atoms with E-state index in [1.165, 1.54) is 18.5 Å². The summed E-state index contributed by atoms with van der Waals surface area (Å²) in [6.45, 7) is 2.56. The average molecular weight is 379 g/mol. The molecule has 0 N–H and O–H groups in total. The number of amides is 1. The van der Waals surface area contributed by atoms with Gasteiger partial charge in [0, 0.05) is 49.7 Å². The minimum absolute atomic E-state index is 0.0350. The van der Waals surface area contributed by atoms with Crippen LogP contribution in [0.4, 0.5) is 0 Å². The van der Waals surface area contributed by atoms with Crippen molar-refractivity contribution in [3.05, 3.63) is 47.9 Å². The van der Waals surface area contributed by atoms with Crippen molar-refractivity contribution in [3.63, 3.8) is 0 Å². The van der Waals surface area contributed by atoms with Crippen molar-refractivity contribution >= 4 is 11.6 Å². The molecule has 7 nitrogen and oxygen atoms in total. The number of carbonyl (C=O) groups excluding carboxylic acids is 1. The zero-order valence-electron chi connectivity index (χ0n) is 16.2. The molecule has 3 aromatic rings. The van der Waals surface area contributed by atoms with E-state index >= 15 is 0 Å². The van der Waals surface area contributed by atoms with Gasteiger partial charge < -0.3 is 14.2 Å². The van der Waals surface area contributed by atoms with Gasteiger partial charge in [0.25, 0.3) is 5.91 Å². The standard InChI is InChI=1S/C21H25N5O2/c1-28-17-7-10-26-18(13-22-19(26)11-17)21(27)24-8-4-5-15(14-24)20-23-12-16-6-2-3-9-25(16)20/h7,10-13,15H,2-6,8-9,14H2,1H3. The third-order valence-corrected chi connectivity index (χ3v) is 6.05. The Hall–Kier alpha value is -2.83. The lowest BCUT2D eigenvalue weighted by molar-refractivity contribution is 0.0696. The van der Waals surface area contributed by atoms with Crippen molar-refractivity contribution in [2.45, 2.75) is 44.6 Å². The number of hydrogen-bond donors (Lipinski definition) is 0. The largest absolute Gasteiger partial charge is 0.497 e. The number of ether oxygens (including phenoxy) is 1. The first-order chi connectivity index (χ1) is 13.7. The maximum absolute atomic E-state index is 13.2. The fourth-order valence-corrected chi connectivity index (χ4v) is 4.57. The molecule has 0 bridgehead atoms. The van der Waals surface area contributed by atoms with Gasteiger partial charge in [-0.15, -0.1) is 0 Å². The van der Waals surface area contributed by atoms with E-state index in [0.717, 1.165) is 56.1 Å². The maximum atomic E-state index is 13.2. The van der Waals surface area contributed by atoms with Crippen LogP contribution in [0.25, 0.3) is 5.65 Å². The summed E-state index contributed by atoms with van der Waals surface area (Å²) in [5.41, 5.74) is 2.67. The van der Waals surface area contributed by atoms with Crippen LogP contribution in [0.5, 0.6) is 5.75 Å². The number of pyridine rings is 1. The third-order valence-electron chi connectivity index (χ3n) is 6.05. The van der Waals surface area contributed by atoms with E-state index in [2.05, 4.69) is 9.55 Å². The summed E-state index contributed by atoms with van der Waals surface area (Å²) in [6.07, 6.45) is 11.2. The monoisotopic (exact) mass is 379 g/mol. The fraction of sp³-hybridized carbons (Fsp3) is 0.476. The van der Waals surface area contributed by atoms with Gasteiger partial charge in [-0.25, -0.2) is 9.97 Å². The van der Waals surface area contributed by atoms with E-state index < -0.39 is 0 Å². The third kappa shape index (κ3) is 2.85. The summed E-state index contributed by atoms with van der Waals surface area (Å²) in [6, 6.07) is 3.69. The SMILES string of the molecule is COc1ccn2c(C(=O)N3CCCC(c4ncc5n4CCCC5)C3)cnc2c1. The molecule has 7 heteroatoms. The van der Waals surface area contributed by atoms with E-state index in [0.29, 0.717) is 11.6 Å². The molecule has 5 rings (SSSR count). The minimum atomic E-state index is 0.0350. The van der Waals surface area contributed by atoms with Crippen LogP contribution in [-0.2, 0) is 13.0 Å². The lowest BCUT2D eigenvalue weighted by atomic mass is 9.96. The summed E-state index contributed by atoms with van der Waals surface area (Å²) in [7, 11) is 1.63. The first-order valence-corrected chi connectivity index (χ1v) is 10.1. The molecule has 0 spiro atoms. The van der Waals surface area contributed by atoms with Gasteiger partial charge in [-0.05, 0) is 38.2 Å². The molecule has 3 aromatic heterocycles. The quantitative estimate of drug-likeness (QED) is 0.702. The number of nitrogens with zero attached hydrogens (tertiary/aromatic N) is 5. The highest BCUT2D eigenvalue weighted by Crippen LogP contribution is 2.30. The Labute approximate surface area is 164 Å². The van der Waals surface area contributed by atoms with Crippen LogP contribution in [0.3, 0.4) is 0 Å². The first-order valence-electron chi connectivity index (χ1n) is 10.1. The van der Waals surface area contributed by atoms with Gasteiger partial charge in [0.05, 0.1) is 13.3 Å². The van der Waals surface area contributed by atoms with Gasteiger partial charge in [0.1, 0.15) is 22.9 Å². The van der Waals surface area contributed by atoms with Gasteiger partial charge in [0.15, 0.2) is 0 Å². The number of hydrogen-bond acceptors (Lipinski definition) is 4. The van der Waals surface area contributed by atoms with E-state index in [1.807, 2.05) is 33.8 Å². The summed E-state index contributed by atoms with van der Waals surface area (Å²) >= 11 is 0. The molecule has 5 heterocycles. The number of fused-ring (bicyclic) bond motifs is 2. The fourth-order valence-electron chi connectivity index (χ4n) is 4.57. The van der Waals surface area contributed by atoms with Gasteiger partial charge in [-0.3, -0.25) is 9.20 Å². The molecule has 1 saturated heterocycles. The molecular weight excluding hydrogens is 354 g/mol. The maximum Gasteiger partial charge on any atom is 0.272 e. The van der Waals surface area contributed by atoms with Crippen molar-refractivity contribution in [1.29, 1.82) is 0 Å². The van der Waals surface area contributed by atoms with Crippen molar-refractivity contribution in [2.75, 3.05) is 20.2 Å². The van der Waals surface area contributed by atoms with Crippen LogP contribution in [0.1, 0.15) is 53.6 Å². The number of aromatic nitrogens is 4. The number of carbonyl (C=O) groups is 1. The second-order valence-corrected chi connectivity index (χ2v) is 7.75. The predicted octanol–water partition coefficient (Wildman–Crippen LogP) is 2.90. The average Bonchev–Trinajstić information content (AvgIpc) is 3.37. The lowest BCUT2D eigenvalue weighted by Gasteiger charge is -2.33. The normalized spacial score (nSPS) is 19.6. The summed E-state index contributed by atoms with van der Waals surface area (Å²) in [5, 5.41) is 0. The molecule has 2 aliphatic rings. The second kappa shape index (κ2) is 6.96. The zero-order valence-corrected chi connectivity index (χ0v) is 16.2. The van der Waals surface area contributed by atoms with Crippen LogP contribution in [0.2, 0.25) is 0 Å². The lowest BCUT2D eigenvalue weighted by Crippen LogP contribution is -2.40. The van der Waals surface area contributed by atoms with E-state index in [1.54, 1.807) is 13.3 Å². The molecule has 0 aliphatic carbocycles. The molecular formula is C21H25N5O2. The molecule has 1 atom stereocenters. The van der Waals surface area contributed by atoms with E-state index in [9.17, 15) is 4.79 Å². The van der Waals surface area contributed by atoms with Crippen molar-refractivity contribution < 1.29 is 9.53 Å². The van der Waals surface area contributed by atoms with Crippen LogP contribution in [0.15, 0.2) is 30.7 Å². The van der Waals surface area contributed by atoms with Crippen LogP contribution in [-0.4, -0.2) is 49.9 Å². The summed E-state index contributed by atoms with van der Waals surface area (Å²) in [4.78, 5) is 24.3. The highest BCUT2D eigenvalue weighted by atomic mass is 16.5. The number of methoxy groups -OCH3 is 1. The smallest absolute Gasteiger partial charge is 0.272 e. The second-order valence-electron chi connectivity index (χ2n) is 7.75. The molecule has 28 heavy (non-hydrogen) atoms. The molecule has 1 fully saturated rings. The highest BCUT2D eigenvalue weighted by molar-refractivity contribution is 5.93. The van der Waals surface area contributed by atoms with Crippen molar-refractivity contribution in [3.8, 4) is 5.75 Å². The topological polar surface area (TPSA) is 64.7 Å².